The molecule has 6 amide bonds. The maximum Gasteiger partial charge on any atom is 0.408 e. The minimum Gasteiger partial charge on any atom is -0.480 e. The molecule has 0 aromatic heterocycles. The van der Waals surface area contributed by atoms with Crippen molar-refractivity contribution >= 4 is 96.4 Å². The van der Waals surface area contributed by atoms with E-state index in [4.69, 9.17) is 59.6 Å². The average molecular weight is 1170 g/mol. The second kappa shape index (κ2) is 52.4. The number of rotatable bonds is 26. The third kappa shape index (κ3) is 64.6. The van der Waals surface area contributed by atoms with Gasteiger partial charge in [-0.3, -0.25) is 19.2 Å². The molecule has 0 radical (unpaired) electrons. The largest absolute Gasteiger partial charge is 0.480 e. The van der Waals surface area contributed by atoms with Crippen molar-refractivity contribution in [3.8, 4) is 0 Å². The Morgan fingerprint density at radius 1 is 0.587 bits per heavy atom. The van der Waals surface area contributed by atoms with Gasteiger partial charge in [0.2, 0.25) is 17.7 Å². The van der Waals surface area contributed by atoms with Crippen molar-refractivity contribution < 1.29 is 96.4 Å². The number of ether oxygens (including phenoxy) is 3. The highest BCUT2D eigenvalue weighted by atomic mass is 32.2. The highest BCUT2D eigenvalue weighted by molar-refractivity contribution is 8.13. The maximum absolute atomic E-state index is 11.8. The van der Waals surface area contributed by atoms with Crippen molar-refractivity contribution in [3.05, 3.63) is 0 Å². The summed E-state index contributed by atoms with van der Waals surface area (Å²) in [6, 6.07) is -3.67. The van der Waals surface area contributed by atoms with Gasteiger partial charge in [-0.25, -0.2) is 19.2 Å². The Kier molecular flexibility index (Phi) is 57.8. The van der Waals surface area contributed by atoms with Crippen molar-refractivity contribution in [1.29, 1.82) is 0 Å². The van der Waals surface area contributed by atoms with Gasteiger partial charge in [-0.15, -0.1) is 0 Å². The fourth-order valence-electron chi connectivity index (χ4n) is 3.57. The molecule has 0 saturated carbocycles. The quantitative estimate of drug-likeness (QED) is 0.0173. The smallest absolute Gasteiger partial charge is 0.408 e. The van der Waals surface area contributed by atoms with Gasteiger partial charge >= 0.3 is 24.2 Å². The molecule has 0 heterocycles. The lowest BCUT2D eigenvalue weighted by atomic mass is 10.2. The Morgan fingerprint density at radius 3 is 1.27 bits per heavy atom. The average Bonchev–Trinajstić information content (AvgIpc) is 3.31. The van der Waals surface area contributed by atoms with Gasteiger partial charge in [0.1, 0.15) is 34.9 Å². The van der Waals surface area contributed by atoms with Gasteiger partial charge in [-0.05, 0) is 108 Å². The van der Waals surface area contributed by atoms with Gasteiger partial charge in [-0.1, -0.05) is 11.8 Å². The number of nitrogens with one attached hydrogen (secondary N) is 7. The second-order valence-corrected chi connectivity index (χ2v) is 19.6. The first kappa shape index (κ1) is 82.7. The zero-order chi connectivity index (χ0) is 59.6. The van der Waals surface area contributed by atoms with Crippen LogP contribution in [0.2, 0.25) is 0 Å². The number of carboxylic acids is 1. The van der Waals surface area contributed by atoms with Crippen LogP contribution >= 0.6 is 49.3 Å². The number of carboxylic acid groups (broad SMARTS) is 1. The lowest BCUT2D eigenvalue weighted by Crippen LogP contribution is -2.50. The van der Waals surface area contributed by atoms with Crippen LogP contribution in [0.25, 0.3) is 0 Å². The molecule has 28 nitrogen and oxygen atoms in total. The van der Waals surface area contributed by atoms with Gasteiger partial charge < -0.3 is 95.7 Å². The number of aliphatic hydroxyl groups is 5. The maximum atomic E-state index is 11.8. The number of carbonyl (C=O) groups is 8. The van der Waals surface area contributed by atoms with Crippen LogP contribution < -0.4 is 43.1 Å². The van der Waals surface area contributed by atoms with Crippen LogP contribution in [0.1, 0.15) is 90.0 Å². The van der Waals surface area contributed by atoms with Crippen LogP contribution in [0.3, 0.4) is 0 Å². The predicted molar refractivity (Wildman–Crippen MR) is 291 cm³/mol. The molecule has 75 heavy (non-hydrogen) atoms. The van der Waals surface area contributed by atoms with E-state index in [0.717, 1.165) is 12.0 Å². The summed E-state index contributed by atoms with van der Waals surface area (Å²) < 4.78 is 24.2. The summed E-state index contributed by atoms with van der Waals surface area (Å²) in [5.74, 6) is -1.26. The highest BCUT2D eigenvalue weighted by Crippen LogP contribution is 2.10. The van der Waals surface area contributed by atoms with E-state index in [9.17, 15) is 38.4 Å². The molecule has 0 bridgehead atoms. The third-order valence-corrected chi connectivity index (χ3v) is 8.77. The molecule has 0 rings (SSSR count). The minimum atomic E-state index is -1.33. The number of hydroxylamine groups is 1. The van der Waals surface area contributed by atoms with Crippen LogP contribution in [0.15, 0.2) is 0 Å². The van der Waals surface area contributed by atoms with E-state index in [1.54, 1.807) is 62.3 Å². The van der Waals surface area contributed by atoms with Crippen LogP contribution in [-0.2, 0) is 51.4 Å². The lowest BCUT2D eigenvalue weighted by molar-refractivity contribution is -0.140. The van der Waals surface area contributed by atoms with E-state index in [2.05, 4.69) is 61.8 Å². The number of thioether (sulfide) groups is 1. The van der Waals surface area contributed by atoms with Crippen LogP contribution in [0.5, 0.6) is 0 Å². The van der Waals surface area contributed by atoms with Crippen molar-refractivity contribution in [3.63, 3.8) is 0 Å². The summed E-state index contributed by atoms with van der Waals surface area (Å²) in [4.78, 5) is 94.7. The zero-order valence-electron chi connectivity index (χ0n) is 45.6. The third-order valence-electron chi connectivity index (χ3n) is 6.46. The SMILES string of the molecule is CC(C)(C)OC(=O)N[C@@H](CO)C(=O)NCCO.CC(C)(C)OC(=O)N[C@@H](CO)C(=O)O.CCON[C@@H](CS)C(=O)NCCSC(C)=O.CCOS.CCOSC[C@H](NC(=O)OC(C)(C)C)C(=O)NCCO.NCCO. The number of hydrogen-bond donors (Lipinski definition) is 16. The summed E-state index contributed by atoms with van der Waals surface area (Å²) in [6.07, 6.45) is -2.31. The molecule has 446 valence electrons. The van der Waals surface area contributed by atoms with Crippen molar-refractivity contribution in [2.45, 2.75) is 131 Å². The van der Waals surface area contributed by atoms with Crippen molar-refractivity contribution in [1.82, 2.24) is 37.4 Å². The molecule has 0 fully saturated rings. The molecular weight excluding hydrogens is 1080 g/mol. The molecule has 15 N–H and O–H groups in total. The van der Waals surface area contributed by atoms with Gasteiger partial charge in [-0.2, -0.15) is 18.1 Å². The summed E-state index contributed by atoms with van der Waals surface area (Å²) >= 11 is 9.74. The van der Waals surface area contributed by atoms with E-state index in [0.29, 0.717) is 44.4 Å². The Bertz CT molecular complexity index is 1510. The normalized spacial score (nSPS) is 12.1. The van der Waals surface area contributed by atoms with Gasteiger partial charge in [0.15, 0.2) is 11.2 Å². The molecule has 32 heteroatoms. The fraction of sp³-hybridized carbons (Fsp3) is 0.814. The van der Waals surface area contributed by atoms with Crippen LogP contribution in [-0.4, -0.2) is 215 Å². The Labute approximate surface area is 461 Å². The summed E-state index contributed by atoms with van der Waals surface area (Å²) in [6.45, 7) is 23.5. The molecule has 0 aromatic rings. The van der Waals surface area contributed by atoms with E-state index >= 15 is 0 Å². The van der Waals surface area contributed by atoms with Crippen molar-refractivity contribution in [2.24, 2.45) is 5.73 Å². The number of aliphatic hydroxyl groups excluding tert-OH is 5. The first-order valence-corrected chi connectivity index (χ1v) is 26.1. The van der Waals surface area contributed by atoms with Crippen molar-refractivity contribution in [2.75, 3.05) is 96.3 Å². The van der Waals surface area contributed by atoms with E-state index in [1.165, 1.54) is 18.7 Å². The molecule has 0 saturated heterocycles. The first-order chi connectivity index (χ1) is 34.8. The van der Waals surface area contributed by atoms with E-state index < -0.39 is 90.2 Å². The predicted octanol–water partition coefficient (Wildman–Crippen LogP) is -0.363. The van der Waals surface area contributed by atoms with Gasteiger partial charge in [0.05, 0.1) is 52.9 Å². The summed E-state index contributed by atoms with van der Waals surface area (Å²) in [5, 5.41) is 65.3. The summed E-state index contributed by atoms with van der Waals surface area (Å²) in [5.41, 5.74) is 5.38. The highest BCUT2D eigenvalue weighted by Gasteiger charge is 2.26. The van der Waals surface area contributed by atoms with Gasteiger partial charge in [0.25, 0.3) is 0 Å². The molecule has 0 aliphatic heterocycles. The fourth-order valence-corrected chi connectivity index (χ4v) is 4.93. The molecule has 4 atom stereocenters. The Balaban J connectivity index is -0.000000202. The van der Waals surface area contributed by atoms with Crippen LogP contribution in [0.4, 0.5) is 14.4 Å². The molecule has 0 aliphatic carbocycles. The Hall–Kier alpha value is -3.64. The monoisotopic (exact) mass is 1170 g/mol. The number of carbonyl (C=O) groups excluding carboxylic acids is 7. The number of alkyl carbamates (subject to hydrolysis) is 3. The Morgan fingerprint density at radius 2 is 0.960 bits per heavy atom. The van der Waals surface area contributed by atoms with E-state index in [-0.39, 0.29) is 49.7 Å². The van der Waals surface area contributed by atoms with Crippen LogP contribution in [0, 0.1) is 0 Å². The summed E-state index contributed by atoms with van der Waals surface area (Å²) in [7, 11) is 0. The molecule has 0 aliphatic rings. The topological polar surface area (TPSA) is 424 Å². The standard InChI is InChI=1S/C12H24N2O5S.C10H20N2O5.C9H18N2O3S2.C8H15NO5.C2H7NO.C2H6OS/c1-5-18-20-8-9(10(16)13-6-7-15)14-11(17)19-12(2,3)4;1-10(2,3)17-9(16)12-7(6-14)8(15)11-4-5-13;1-3-14-11-8(6-15)9(13)10-4-5-16-7(2)12;1-8(2,3)14-7(13)9-5(4-10)6(11)12;3-1-2-4;1-2-3-4/h9,15H,5-8H2,1-4H3,(H,13,16)(H,14,17);7,13-14H,4-6H2,1-3H3,(H,11,15)(H,12,16);8,11,15H,3-6H2,1-2H3,(H,10,13);5,10H,4H2,1-3H3,(H,9,13)(H,11,12);4H,1-3H2;4H,2H2,1H3/t9-;7-;8-;5-;;/m0000../s1. The minimum absolute atomic E-state index is 0.0486. The lowest BCUT2D eigenvalue weighted by Gasteiger charge is -2.23. The van der Waals surface area contributed by atoms with E-state index in [1.807, 2.05) is 26.1 Å². The number of hydrogen-bond acceptors (Lipinski definition) is 25. The zero-order valence-corrected chi connectivity index (χ0v) is 49.0. The molecule has 0 aromatic carbocycles. The van der Waals surface area contributed by atoms with Gasteiger partial charge in [0, 0.05) is 50.4 Å². The number of nitrogens with two attached hydrogens (primary N) is 1. The molecule has 0 unspecified atom stereocenters. The molecular formula is C43H90N8O20S4. The second-order valence-electron chi connectivity index (χ2n) is 16.9. The molecule has 0 spiro atoms. The number of amides is 6. The number of thiol groups is 2. The first-order valence-electron chi connectivity index (χ1n) is 23.2. The number of aliphatic carboxylic acids is 1.